The fourth-order valence-corrected chi connectivity index (χ4v) is 3.94. The lowest BCUT2D eigenvalue weighted by Crippen LogP contribution is -2.38. The van der Waals surface area contributed by atoms with Gasteiger partial charge in [0.25, 0.3) is 0 Å². The SMILES string of the molecule is CC(C)OCCS(=O)(=O)N1CCCC1CCCN. The molecule has 6 heteroatoms. The molecule has 1 aliphatic heterocycles. The van der Waals surface area contributed by atoms with Gasteiger partial charge in [-0.1, -0.05) is 0 Å². The van der Waals surface area contributed by atoms with E-state index in [4.69, 9.17) is 10.5 Å². The third-order valence-corrected chi connectivity index (χ3v) is 5.09. The second-order valence-electron chi connectivity index (χ2n) is 5.07. The molecule has 1 saturated heterocycles. The van der Waals surface area contributed by atoms with Crippen molar-refractivity contribution in [3.63, 3.8) is 0 Å². The molecule has 1 fully saturated rings. The summed E-state index contributed by atoms with van der Waals surface area (Å²) in [5.41, 5.74) is 5.49. The lowest BCUT2D eigenvalue weighted by atomic mass is 10.1. The van der Waals surface area contributed by atoms with E-state index in [9.17, 15) is 8.42 Å². The molecule has 0 bridgehead atoms. The topological polar surface area (TPSA) is 72.6 Å². The number of rotatable bonds is 8. The molecule has 5 nitrogen and oxygen atoms in total. The van der Waals surface area contributed by atoms with Gasteiger partial charge in [0.15, 0.2) is 0 Å². The summed E-state index contributed by atoms with van der Waals surface area (Å²) in [5.74, 6) is 0.0876. The first kappa shape index (κ1) is 15.9. The highest BCUT2D eigenvalue weighted by atomic mass is 32.2. The van der Waals surface area contributed by atoms with E-state index < -0.39 is 10.0 Å². The zero-order chi connectivity index (χ0) is 13.6. The molecule has 18 heavy (non-hydrogen) atoms. The van der Waals surface area contributed by atoms with E-state index in [0.29, 0.717) is 13.1 Å². The fourth-order valence-electron chi connectivity index (χ4n) is 2.32. The molecule has 0 radical (unpaired) electrons. The molecule has 1 unspecified atom stereocenters. The Morgan fingerprint density at radius 1 is 1.44 bits per heavy atom. The van der Waals surface area contributed by atoms with Crippen LogP contribution in [0.15, 0.2) is 0 Å². The Kier molecular flexibility index (Phi) is 6.55. The normalized spacial score (nSPS) is 21.9. The van der Waals surface area contributed by atoms with Crippen LogP contribution in [-0.2, 0) is 14.8 Å². The van der Waals surface area contributed by atoms with Gasteiger partial charge in [0.05, 0.1) is 18.5 Å². The molecule has 0 spiro atoms. The quantitative estimate of drug-likeness (QED) is 0.717. The molecule has 1 heterocycles. The summed E-state index contributed by atoms with van der Waals surface area (Å²) in [6.07, 6.45) is 3.76. The van der Waals surface area contributed by atoms with Gasteiger partial charge in [-0.25, -0.2) is 8.42 Å². The average Bonchev–Trinajstić information content (AvgIpc) is 2.74. The maximum atomic E-state index is 12.2. The average molecular weight is 278 g/mol. The second-order valence-corrected chi connectivity index (χ2v) is 7.11. The maximum absolute atomic E-state index is 12.2. The van der Waals surface area contributed by atoms with Crippen molar-refractivity contribution in [2.24, 2.45) is 5.73 Å². The van der Waals surface area contributed by atoms with Crippen LogP contribution in [0.1, 0.15) is 39.5 Å². The summed E-state index contributed by atoms with van der Waals surface area (Å²) in [4.78, 5) is 0. The monoisotopic (exact) mass is 278 g/mol. The zero-order valence-corrected chi connectivity index (χ0v) is 12.3. The van der Waals surface area contributed by atoms with Gasteiger partial charge in [0.2, 0.25) is 10.0 Å². The molecular formula is C12H26N2O3S. The highest BCUT2D eigenvalue weighted by Gasteiger charge is 2.33. The van der Waals surface area contributed by atoms with Crippen LogP contribution in [0.2, 0.25) is 0 Å². The lowest BCUT2D eigenvalue weighted by Gasteiger charge is -2.24. The molecule has 0 aromatic carbocycles. The van der Waals surface area contributed by atoms with Crippen LogP contribution in [0.3, 0.4) is 0 Å². The minimum Gasteiger partial charge on any atom is -0.378 e. The van der Waals surface area contributed by atoms with E-state index in [0.717, 1.165) is 25.7 Å². The predicted molar refractivity (Wildman–Crippen MR) is 72.9 cm³/mol. The smallest absolute Gasteiger partial charge is 0.216 e. The fraction of sp³-hybridized carbons (Fsp3) is 1.00. The second kappa shape index (κ2) is 7.43. The van der Waals surface area contributed by atoms with Gasteiger partial charge in [-0.2, -0.15) is 4.31 Å². The van der Waals surface area contributed by atoms with E-state index in [2.05, 4.69) is 0 Å². The molecule has 108 valence electrons. The zero-order valence-electron chi connectivity index (χ0n) is 11.5. The van der Waals surface area contributed by atoms with E-state index in [1.165, 1.54) is 0 Å². The van der Waals surface area contributed by atoms with Gasteiger partial charge in [-0.05, 0) is 46.1 Å². The van der Waals surface area contributed by atoms with Crippen molar-refractivity contribution in [2.75, 3.05) is 25.4 Å². The first-order chi connectivity index (χ1) is 8.47. The van der Waals surface area contributed by atoms with Crippen molar-refractivity contribution < 1.29 is 13.2 Å². The molecular weight excluding hydrogens is 252 g/mol. The van der Waals surface area contributed by atoms with Crippen molar-refractivity contribution >= 4 is 10.0 Å². The highest BCUT2D eigenvalue weighted by Crippen LogP contribution is 2.24. The van der Waals surface area contributed by atoms with Crippen molar-refractivity contribution in [2.45, 2.75) is 51.7 Å². The van der Waals surface area contributed by atoms with Crippen LogP contribution in [0.5, 0.6) is 0 Å². The molecule has 0 saturated carbocycles. The van der Waals surface area contributed by atoms with Gasteiger partial charge in [0, 0.05) is 12.6 Å². The van der Waals surface area contributed by atoms with Crippen LogP contribution in [-0.4, -0.2) is 50.3 Å². The summed E-state index contributed by atoms with van der Waals surface area (Å²) in [7, 11) is -3.17. The summed E-state index contributed by atoms with van der Waals surface area (Å²) in [6.45, 7) is 5.37. The van der Waals surface area contributed by atoms with Crippen molar-refractivity contribution in [3.05, 3.63) is 0 Å². The van der Waals surface area contributed by atoms with Crippen LogP contribution in [0, 0.1) is 0 Å². The number of ether oxygens (including phenoxy) is 1. The van der Waals surface area contributed by atoms with Crippen LogP contribution in [0.4, 0.5) is 0 Å². The van der Waals surface area contributed by atoms with Gasteiger partial charge >= 0.3 is 0 Å². The minimum atomic E-state index is -3.17. The molecule has 0 aliphatic carbocycles. The minimum absolute atomic E-state index is 0.0758. The number of nitrogens with two attached hydrogens (primary N) is 1. The molecule has 1 atom stereocenters. The standard InChI is InChI=1S/C12H26N2O3S/c1-11(2)17-9-10-18(15,16)14-8-4-6-12(14)5-3-7-13/h11-12H,3-10,13H2,1-2H3. The number of hydrogen-bond acceptors (Lipinski definition) is 4. The van der Waals surface area contributed by atoms with Crippen molar-refractivity contribution in [3.8, 4) is 0 Å². The Morgan fingerprint density at radius 3 is 2.78 bits per heavy atom. The first-order valence-corrected chi connectivity index (χ1v) is 8.39. The first-order valence-electron chi connectivity index (χ1n) is 6.78. The van der Waals surface area contributed by atoms with Crippen LogP contribution < -0.4 is 5.73 Å². The Hall–Kier alpha value is -0.170. The third kappa shape index (κ3) is 4.84. The summed E-state index contributed by atoms with van der Waals surface area (Å²) in [6, 6.07) is 0.151. The largest absolute Gasteiger partial charge is 0.378 e. The van der Waals surface area contributed by atoms with Crippen molar-refractivity contribution in [1.82, 2.24) is 4.31 Å². The maximum Gasteiger partial charge on any atom is 0.216 e. The molecule has 1 rings (SSSR count). The van der Waals surface area contributed by atoms with Gasteiger partial charge < -0.3 is 10.5 Å². The van der Waals surface area contributed by atoms with E-state index >= 15 is 0 Å². The van der Waals surface area contributed by atoms with E-state index in [-0.39, 0.29) is 24.5 Å². The van der Waals surface area contributed by atoms with Gasteiger partial charge in [-0.15, -0.1) is 0 Å². The van der Waals surface area contributed by atoms with Gasteiger partial charge in [-0.3, -0.25) is 0 Å². The molecule has 0 amide bonds. The lowest BCUT2D eigenvalue weighted by molar-refractivity contribution is 0.0906. The summed E-state index contributed by atoms with van der Waals surface area (Å²) >= 11 is 0. The summed E-state index contributed by atoms with van der Waals surface area (Å²) < 4.78 is 31.4. The Labute approximate surface area is 111 Å². The Balaban J connectivity index is 2.49. The third-order valence-electron chi connectivity index (χ3n) is 3.21. The molecule has 2 N–H and O–H groups in total. The Morgan fingerprint density at radius 2 is 2.17 bits per heavy atom. The van der Waals surface area contributed by atoms with Crippen molar-refractivity contribution in [1.29, 1.82) is 0 Å². The molecule has 1 aliphatic rings. The number of hydrogen-bond donors (Lipinski definition) is 1. The van der Waals surface area contributed by atoms with Gasteiger partial charge in [0.1, 0.15) is 0 Å². The molecule has 0 aromatic rings. The van der Waals surface area contributed by atoms with Crippen LogP contribution in [0.25, 0.3) is 0 Å². The summed E-state index contributed by atoms with van der Waals surface area (Å²) in [5, 5.41) is 0. The molecule has 0 aromatic heterocycles. The number of nitrogens with zero attached hydrogens (tertiary/aromatic N) is 1. The van der Waals surface area contributed by atoms with Crippen LogP contribution >= 0.6 is 0 Å². The van der Waals surface area contributed by atoms with E-state index in [1.807, 2.05) is 13.8 Å². The number of sulfonamides is 1. The van der Waals surface area contributed by atoms with E-state index in [1.54, 1.807) is 4.31 Å². The Bertz CT molecular complexity index is 330. The predicted octanol–water partition coefficient (Wildman–Crippen LogP) is 0.945. The highest BCUT2D eigenvalue weighted by molar-refractivity contribution is 7.89.